The van der Waals surface area contributed by atoms with Gasteiger partial charge in [0.05, 0.1) is 17.4 Å². The maximum atomic E-state index is 13.5. The molecular weight excluding hydrogens is 408 g/mol. The summed E-state index contributed by atoms with van der Waals surface area (Å²) >= 11 is 0. The summed E-state index contributed by atoms with van der Waals surface area (Å²) < 4.78 is 2.06. The molecule has 1 N–H and O–H groups in total. The minimum atomic E-state index is 0.0728. The van der Waals surface area contributed by atoms with Crippen LogP contribution >= 0.6 is 0 Å². The van der Waals surface area contributed by atoms with Gasteiger partial charge in [-0.25, -0.2) is 4.98 Å². The standard InChI is InChI=1S/C28H28N4O/c1-4-12-32(28(33)23-8-7-20-11-13-31(3)27(20)16-23)17-24-14-21(6-5-19(24)2)22-9-10-25-26(15-22)30-18-29-25/h5-11,13-16,18H,4,12,17H2,1-3H3,(H,29,30). The van der Waals surface area contributed by atoms with Gasteiger partial charge in [-0.15, -0.1) is 0 Å². The van der Waals surface area contributed by atoms with Crippen LogP contribution in [0.25, 0.3) is 33.1 Å². The number of imidazole rings is 1. The number of nitrogens with zero attached hydrogens (tertiary/aromatic N) is 3. The lowest BCUT2D eigenvalue weighted by molar-refractivity contribution is 0.0743. The van der Waals surface area contributed by atoms with E-state index in [-0.39, 0.29) is 5.91 Å². The number of carbonyl (C=O) groups is 1. The number of benzene rings is 3. The normalized spacial score (nSPS) is 11.4. The van der Waals surface area contributed by atoms with Gasteiger partial charge in [0.2, 0.25) is 0 Å². The van der Waals surface area contributed by atoms with Crippen molar-refractivity contribution in [1.82, 2.24) is 19.4 Å². The van der Waals surface area contributed by atoms with Crippen LogP contribution in [0.4, 0.5) is 0 Å². The summed E-state index contributed by atoms with van der Waals surface area (Å²) in [6, 6.07) is 20.8. The number of nitrogens with one attached hydrogen (secondary N) is 1. The van der Waals surface area contributed by atoms with Gasteiger partial charge in [0.1, 0.15) is 0 Å². The lowest BCUT2D eigenvalue weighted by atomic mass is 9.98. The van der Waals surface area contributed by atoms with E-state index < -0.39 is 0 Å². The maximum Gasteiger partial charge on any atom is 0.254 e. The summed E-state index contributed by atoms with van der Waals surface area (Å²) in [5, 5.41) is 1.15. The first-order valence-electron chi connectivity index (χ1n) is 11.4. The first-order chi connectivity index (χ1) is 16.0. The second-order valence-corrected chi connectivity index (χ2v) is 8.70. The van der Waals surface area contributed by atoms with Crippen molar-refractivity contribution in [3.63, 3.8) is 0 Å². The Kier molecular flexibility index (Phi) is 5.47. The molecule has 0 aliphatic heterocycles. The number of carbonyl (C=O) groups excluding carboxylic acids is 1. The predicted octanol–water partition coefficient (Wildman–Crippen LogP) is 6.08. The van der Waals surface area contributed by atoms with Gasteiger partial charge in [-0.3, -0.25) is 4.79 Å². The molecule has 5 heteroatoms. The molecule has 0 unspecified atom stereocenters. The van der Waals surface area contributed by atoms with Gasteiger partial charge < -0.3 is 14.5 Å². The Labute approximate surface area is 193 Å². The van der Waals surface area contributed by atoms with Gasteiger partial charge in [-0.1, -0.05) is 31.2 Å². The molecular formula is C28H28N4O. The maximum absolute atomic E-state index is 13.5. The number of aromatic nitrogens is 3. The summed E-state index contributed by atoms with van der Waals surface area (Å²) in [4.78, 5) is 23.0. The second-order valence-electron chi connectivity index (χ2n) is 8.70. The highest BCUT2D eigenvalue weighted by molar-refractivity contribution is 5.98. The molecule has 2 heterocycles. The Morgan fingerprint density at radius 3 is 2.70 bits per heavy atom. The third kappa shape index (κ3) is 4.02. The first-order valence-corrected chi connectivity index (χ1v) is 11.4. The van der Waals surface area contributed by atoms with Crippen LogP contribution in [0.15, 0.2) is 73.2 Å². The third-order valence-corrected chi connectivity index (χ3v) is 6.38. The van der Waals surface area contributed by atoms with Crippen LogP contribution in [0.5, 0.6) is 0 Å². The molecule has 5 aromatic rings. The molecule has 0 bridgehead atoms. The van der Waals surface area contributed by atoms with Crippen molar-refractivity contribution < 1.29 is 4.79 Å². The Bertz CT molecular complexity index is 1460. The summed E-state index contributed by atoms with van der Waals surface area (Å²) in [7, 11) is 2.01. The minimum absolute atomic E-state index is 0.0728. The van der Waals surface area contributed by atoms with Crippen LogP contribution in [-0.2, 0) is 13.6 Å². The Morgan fingerprint density at radius 1 is 1.03 bits per heavy atom. The predicted molar refractivity (Wildman–Crippen MR) is 134 cm³/mol. The molecule has 0 saturated heterocycles. The molecule has 33 heavy (non-hydrogen) atoms. The lowest BCUT2D eigenvalue weighted by Gasteiger charge is -2.24. The molecule has 1 amide bonds. The van der Waals surface area contributed by atoms with Crippen molar-refractivity contribution in [2.24, 2.45) is 7.05 Å². The lowest BCUT2D eigenvalue weighted by Crippen LogP contribution is -2.31. The highest BCUT2D eigenvalue weighted by atomic mass is 16.2. The molecule has 0 aliphatic rings. The van der Waals surface area contributed by atoms with Crippen molar-refractivity contribution in [2.45, 2.75) is 26.8 Å². The van der Waals surface area contributed by atoms with E-state index in [9.17, 15) is 4.79 Å². The van der Waals surface area contributed by atoms with Gasteiger partial charge in [-0.2, -0.15) is 0 Å². The number of aryl methyl sites for hydroxylation is 2. The summed E-state index contributed by atoms with van der Waals surface area (Å²) in [6.07, 6.45) is 4.65. The monoisotopic (exact) mass is 436 g/mol. The van der Waals surface area contributed by atoms with E-state index in [1.54, 1.807) is 6.33 Å². The SMILES string of the molecule is CCCN(Cc1cc(-c2ccc3nc[nH]c3c2)ccc1C)C(=O)c1ccc2ccn(C)c2c1. The topological polar surface area (TPSA) is 53.9 Å². The minimum Gasteiger partial charge on any atom is -0.351 e. The molecule has 0 aliphatic carbocycles. The fourth-order valence-corrected chi connectivity index (χ4v) is 4.44. The summed E-state index contributed by atoms with van der Waals surface area (Å²) in [5.41, 5.74) is 8.42. The van der Waals surface area contributed by atoms with Crippen LogP contribution in [0, 0.1) is 6.92 Å². The van der Waals surface area contributed by atoms with Crippen LogP contribution in [-0.4, -0.2) is 31.9 Å². The molecule has 0 saturated carbocycles. The zero-order valence-electron chi connectivity index (χ0n) is 19.3. The quantitative estimate of drug-likeness (QED) is 0.351. The highest BCUT2D eigenvalue weighted by Gasteiger charge is 2.18. The van der Waals surface area contributed by atoms with Crippen molar-refractivity contribution in [2.75, 3.05) is 6.54 Å². The number of H-pyrrole nitrogens is 1. The molecule has 166 valence electrons. The van der Waals surface area contributed by atoms with E-state index in [1.165, 1.54) is 11.1 Å². The number of hydrogen-bond donors (Lipinski definition) is 1. The van der Waals surface area contributed by atoms with Crippen LogP contribution in [0.2, 0.25) is 0 Å². The smallest absolute Gasteiger partial charge is 0.254 e. The molecule has 3 aromatic carbocycles. The first kappa shape index (κ1) is 21.0. The largest absolute Gasteiger partial charge is 0.351 e. The van der Waals surface area contributed by atoms with Crippen molar-refractivity contribution in [3.05, 3.63) is 89.9 Å². The molecule has 2 aromatic heterocycles. The summed E-state index contributed by atoms with van der Waals surface area (Å²) in [5.74, 6) is 0.0728. The van der Waals surface area contributed by atoms with E-state index in [1.807, 2.05) is 42.4 Å². The molecule has 5 nitrogen and oxygen atoms in total. The highest BCUT2D eigenvalue weighted by Crippen LogP contribution is 2.26. The average Bonchev–Trinajstić information content (AvgIpc) is 3.45. The second kappa shape index (κ2) is 8.58. The van der Waals surface area contributed by atoms with E-state index in [0.29, 0.717) is 13.1 Å². The number of amides is 1. The van der Waals surface area contributed by atoms with Gasteiger partial charge in [-0.05, 0) is 77.4 Å². The van der Waals surface area contributed by atoms with E-state index >= 15 is 0 Å². The Balaban J connectivity index is 1.46. The van der Waals surface area contributed by atoms with Crippen LogP contribution < -0.4 is 0 Å². The van der Waals surface area contributed by atoms with Gasteiger partial charge in [0, 0.05) is 37.4 Å². The molecule has 0 atom stereocenters. The van der Waals surface area contributed by atoms with Crippen molar-refractivity contribution in [3.8, 4) is 11.1 Å². The molecule has 0 spiro atoms. The fourth-order valence-electron chi connectivity index (χ4n) is 4.44. The van der Waals surface area contributed by atoms with Crippen molar-refractivity contribution in [1.29, 1.82) is 0 Å². The van der Waals surface area contributed by atoms with E-state index in [4.69, 9.17) is 0 Å². The molecule has 0 fully saturated rings. The molecule has 0 radical (unpaired) electrons. The third-order valence-electron chi connectivity index (χ3n) is 6.38. The van der Waals surface area contributed by atoms with Gasteiger partial charge in [0.15, 0.2) is 0 Å². The van der Waals surface area contributed by atoms with E-state index in [0.717, 1.165) is 45.0 Å². The molecule has 5 rings (SSSR count). The van der Waals surface area contributed by atoms with Crippen molar-refractivity contribution >= 4 is 27.8 Å². The zero-order chi connectivity index (χ0) is 22.9. The summed E-state index contributed by atoms with van der Waals surface area (Å²) in [6.45, 7) is 5.53. The van der Waals surface area contributed by atoms with Gasteiger partial charge in [0.25, 0.3) is 5.91 Å². The Hall–Kier alpha value is -3.86. The number of rotatable bonds is 6. The van der Waals surface area contributed by atoms with Crippen LogP contribution in [0.3, 0.4) is 0 Å². The van der Waals surface area contributed by atoms with E-state index in [2.05, 4.69) is 64.8 Å². The van der Waals surface area contributed by atoms with Gasteiger partial charge >= 0.3 is 0 Å². The fraction of sp³-hybridized carbons (Fsp3) is 0.214. The zero-order valence-corrected chi connectivity index (χ0v) is 19.3. The number of aromatic amines is 1. The Morgan fingerprint density at radius 2 is 1.85 bits per heavy atom. The number of hydrogen-bond acceptors (Lipinski definition) is 2. The average molecular weight is 437 g/mol. The van der Waals surface area contributed by atoms with Crippen LogP contribution in [0.1, 0.15) is 34.8 Å². The number of fused-ring (bicyclic) bond motifs is 2.